The first kappa shape index (κ1) is 28.3. The third kappa shape index (κ3) is 8.70. The van der Waals surface area contributed by atoms with E-state index in [9.17, 15) is 28.2 Å². The van der Waals surface area contributed by atoms with Crippen molar-refractivity contribution in [2.24, 2.45) is 0 Å². The largest absolute Gasteiger partial charge is 0.508 e. The maximum atomic E-state index is 13.4. The highest BCUT2D eigenvalue weighted by Crippen LogP contribution is 2.34. The van der Waals surface area contributed by atoms with Gasteiger partial charge in [0.15, 0.2) is 0 Å². The number of carbonyl (C=O) groups is 1. The molecule has 0 unspecified atom stereocenters. The van der Waals surface area contributed by atoms with E-state index in [0.717, 1.165) is 29.9 Å². The van der Waals surface area contributed by atoms with Crippen LogP contribution in [0.4, 0.5) is 13.2 Å². The lowest BCUT2D eigenvalue weighted by molar-refractivity contribution is -0.137. The van der Waals surface area contributed by atoms with Gasteiger partial charge in [-0.2, -0.15) is 13.2 Å². The Morgan fingerprint density at radius 1 is 1.08 bits per heavy atom. The molecule has 0 amide bonds. The van der Waals surface area contributed by atoms with Crippen LogP contribution in [0.1, 0.15) is 66.2 Å². The molecule has 0 heterocycles. The van der Waals surface area contributed by atoms with Gasteiger partial charge in [-0.1, -0.05) is 37.0 Å². The molecule has 2 aromatic carbocycles. The number of alkyl halides is 3. The van der Waals surface area contributed by atoms with Crippen molar-refractivity contribution in [2.45, 2.75) is 46.2 Å². The van der Waals surface area contributed by atoms with Crippen molar-refractivity contribution in [1.82, 2.24) is 0 Å². The number of ether oxygens (including phenoxy) is 1. The van der Waals surface area contributed by atoms with E-state index in [-0.39, 0.29) is 11.1 Å². The Bertz CT molecular complexity index is 1230. The lowest BCUT2D eigenvalue weighted by Crippen LogP contribution is -2.07. The van der Waals surface area contributed by atoms with Gasteiger partial charge in [0, 0.05) is 11.1 Å². The van der Waals surface area contributed by atoms with E-state index in [0.29, 0.717) is 36.6 Å². The summed E-state index contributed by atoms with van der Waals surface area (Å²) < 4.78 is 45.7. The van der Waals surface area contributed by atoms with Crippen molar-refractivity contribution in [2.75, 3.05) is 6.61 Å². The zero-order valence-corrected chi connectivity index (χ0v) is 20.4. The van der Waals surface area contributed by atoms with Gasteiger partial charge in [0.1, 0.15) is 5.75 Å². The van der Waals surface area contributed by atoms with Crippen molar-refractivity contribution >= 4 is 5.97 Å². The molecule has 2 N–H and O–H groups in total. The van der Waals surface area contributed by atoms with Gasteiger partial charge in [-0.15, -0.1) is 0 Å². The Morgan fingerprint density at radius 2 is 1.78 bits per heavy atom. The number of carboxylic acids is 1. The van der Waals surface area contributed by atoms with Gasteiger partial charge in [0.05, 0.1) is 23.5 Å². The predicted octanol–water partition coefficient (Wildman–Crippen LogP) is 7.27. The van der Waals surface area contributed by atoms with E-state index in [2.05, 4.69) is 11.8 Å². The number of allylic oxidation sites excluding steroid dienone is 6. The van der Waals surface area contributed by atoms with E-state index in [1.54, 1.807) is 0 Å². The van der Waals surface area contributed by atoms with Crippen molar-refractivity contribution in [3.63, 3.8) is 0 Å². The minimum absolute atomic E-state index is 0.0661. The fourth-order valence-electron chi connectivity index (χ4n) is 3.32. The Labute approximate surface area is 209 Å². The van der Waals surface area contributed by atoms with E-state index < -0.39 is 23.5 Å². The summed E-state index contributed by atoms with van der Waals surface area (Å²) in [7, 11) is 0. The Morgan fingerprint density at radius 3 is 2.42 bits per heavy atom. The fraction of sp³-hybridized carbons (Fsp3) is 0.276. The van der Waals surface area contributed by atoms with Crippen LogP contribution in [0.25, 0.3) is 0 Å². The SMILES string of the molecule is C\C=C/C(=C\C=C(/C)OCCC)CCc1cc(C(=O)O)ccc1C#Cc1ccc(O)cc1C(F)(F)F. The zero-order chi connectivity index (χ0) is 26.7. The van der Waals surface area contributed by atoms with Crippen LogP contribution in [0.2, 0.25) is 0 Å². The predicted molar refractivity (Wildman–Crippen MR) is 134 cm³/mol. The molecule has 2 aromatic rings. The summed E-state index contributed by atoms with van der Waals surface area (Å²) in [5.74, 6) is 4.46. The number of aromatic carboxylic acids is 1. The molecular formula is C29H29F3O4. The molecule has 2 rings (SSSR count). The molecule has 4 nitrogen and oxygen atoms in total. The number of halogens is 3. The quantitative estimate of drug-likeness (QED) is 0.217. The molecule has 0 bridgehead atoms. The van der Waals surface area contributed by atoms with Crippen molar-refractivity contribution in [1.29, 1.82) is 0 Å². The van der Waals surface area contributed by atoms with Crippen LogP contribution in [0, 0.1) is 11.8 Å². The second-order valence-corrected chi connectivity index (χ2v) is 8.02. The van der Waals surface area contributed by atoms with E-state index in [1.165, 1.54) is 18.2 Å². The zero-order valence-electron chi connectivity index (χ0n) is 20.4. The van der Waals surface area contributed by atoms with E-state index in [1.807, 2.05) is 45.1 Å². The number of aryl methyl sites for hydroxylation is 1. The van der Waals surface area contributed by atoms with Gasteiger partial charge < -0.3 is 14.9 Å². The normalized spacial score (nSPS) is 12.4. The molecule has 0 spiro atoms. The number of phenols is 1. The number of phenolic OH excluding ortho intramolecular Hbond substituents is 1. The highest BCUT2D eigenvalue weighted by molar-refractivity contribution is 5.88. The van der Waals surface area contributed by atoms with Gasteiger partial charge in [0.2, 0.25) is 0 Å². The number of benzene rings is 2. The molecule has 0 aliphatic carbocycles. The molecule has 0 aromatic heterocycles. The molecule has 0 saturated carbocycles. The third-order valence-corrected chi connectivity index (χ3v) is 5.12. The summed E-state index contributed by atoms with van der Waals surface area (Å²) >= 11 is 0. The van der Waals surface area contributed by atoms with Crippen molar-refractivity contribution < 1.29 is 32.9 Å². The van der Waals surface area contributed by atoms with Gasteiger partial charge in [-0.3, -0.25) is 0 Å². The maximum Gasteiger partial charge on any atom is 0.417 e. The average molecular weight is 499 g/mol. The molecule has 36 heavy (non-hydrogen) atoms. The number of rotatable bonds is 9. The van der Waals surface area contributed by atoms with Crippen LogP contribution in [0.15, 0.2) is 72.0 Å². The summed E-state index contributed by atoms with van der Waals surface area (Å²) in [5.41, 5.74) is 0.748. The fourth-order valence-corrected chi connectivity index (χ4v) is 3.32. The monoisotopic (exact) mass is 498 g/mol. The van der Waals surface area contributed by atoms with Crippen LogP contribution < -0.4 is 0 Å². The van der Waals surface area contributed by atoms with Gasteiger partial charge in [-0.25, -0.2) is 4.79 Å². The van der Waals surface area contributed by atoms with Crippen LogP contribution in [-0.2, 0) is 17.3 Å². The molecule has 0 atom stereocenters. The standard InChI is InChI=1S/C29H29F3O4/c1-4-6-21(8-7-20(3)36-17-5-2)9-10-24-18-25(28(34)35)14-12-22(24)11-13-23-15-16-26(33)19-27(23)29(30,31)32/h4,6-8,12,14-16,18-19,33H,5,9-10,17H2,1-3H3,(H,34,35)/b6-4-,20-7+,21-8+. The van der Waals surface area contributed by atoms with Gasteiger partial charge >= 0.3 is 12.1 Å². The second kappa shape index (κ2) is 13.2. The van der Waals surface area contributed by atoms with Crippen LogP contribution in [0.5, 0.6) is 5.75 Å². The summed E-state index contributed by atoms with van der Waals surface area (Å²) in [6, 6.07) is 7.25. The molecule has 0 fully saturated rings. The molecule has 190 valence electrons. The minimum Gasteiger partial charge on any atom is -0.508 e. The summed E-state index contributed by atoms with van der Waals surface area (Å²) in [5, 5.41) is 18.9. The Kier molecular flexibility index (Phi) is 10.4. The first-order chi connectivity index (χ1) is 17.0. The summed E-state index contributed by atoms with van der Waals surface area (Å²) in [4.78, 5) is 11.5. The van der Waals surface area contributed by atoms with Crippen molar-refractivity contribution in [3.8, 4) is 17.6 Å². The van der Waals surface area contributed by atoms with E-state index >= 15 is 0 Å². The Hall–Kier alpha value is -3.92. The van der Waals surface area contributed by atoms with Crippen molar-refractivity contribution in [3.05, 3.63) is 99.9 Å². The van der Waals surface area contributed by atoms with Gasteiger partial charge in [0.25, 0.3) is 0 Å². The highest BCUT2D eigenvalue weighted by Gasteiger charge is 2.33. The Balaban J connectivity index is 2.42. The molecule has 0 radical (unpaired) electrons. The number of carboxylic acid groups (broad SMARTS) is 1. The lowest BCUT2D eigenvalue weighted by Gasteiger charge is -2.10. The van der Waals surface area contributed by atoms with Crippen LogP contribution in [0.3, 0.4) is 0 Å². The topological polar surface area (TPSA) is 66.8 Å². The first-order valence-electron chi connectivity index (χ1n) is 11.5. The molecule has 0 saturated heterocycles. The maximum absolute atomic E-state index is 13.4. The summed E-state index contributed by atoms with van der Waals surface area (Å²) in [6.45, 7) is 6.39. The van der Waals surface area contributed by atoms with Crippen LogP contribution in [-0.4, -0.2) is 22.8 Å². The lowest BCUT2D eigenvalue weighted by atomic mass is 9.96. The minimum atomic E-state index is -4.68. The average Bonchev–Trinajstić information content (AvgIpc) is 2.83. The smallest absolute Gasteiger partial charge is 0.417 e. The molecule has 7 heteroatoms. The van der Waals surface area contributed by atoms with E-state index in [4.69, 9.17) is 4.74 Å². The number of hydrogen-bond donors (Lipinski definition) is 2. The third-order valence-electron chi connectivity index (χ3n) is 5.12. The number of aromatic hydroxyl groups is 1. The van der Waals surface area contributed by atoms with Crippen LogP contribution >= 0.6 is 0 Å². The number of hydrogen-bond acceptors (Lipinski definition) is 3. The second-order valence-electron chi connectivity index (χ2n) is 8.02. The molecule has 0 aliphatic rings. The van der Waals surface area contributed by atoms with Gasteiger partial charge in [-0.05, 0) is 86.7 Å². The first-order valence-corrected chi connectivity index (χ1v) is 11.5. The highest BCUT2D eigenvalue weighted by atomic mass is 19.4. The molecule has 0 aliphatic heterocycles. The molecular weight excluding hydrogens is 469 g/mol. The summed E-state index contributed by atoms with van der Waals surface area (Å²) in [6.07, 6.45) is 4.79.